The minimum absolute atomic E-state index is 0.00590. The lowest BCUT2D eigenvalue weighted by Crippen LogP contribution is -2.42. The number of ether oxygens (including phenoxy) is 2. The average molecular weight is 1020 g/mol. The van der Waals surface area contributed by atoms with Crippen molar-refractivity contribution in [1.82, 2.24) is 39.2 Å². The normalized spacial score (nSPS) is 17.9. The van der Waals surface area contributed by atoms with Crippen LogP contribution in [0, 0.1) is 44.2 Å². The second-order valence-corrected chi connectivity index (χ2v) is 20.6. The summed E-state index contributed by atoms with van der Waals surface area (Å²) in [5, 5.41) is 6.43. The van der Waals surface area contributed by atoms with Crippen LogP contribution in [-0.4, -0.2) is 66.4 Å². The second kappa shape index (κ2) is 23.5. The Labute approximate surface area is 422 Å². The van der Waals surface area contributed by atoms with Crippen molar-refractivity contribution in [1.29, 1.82) is 0 Å². The highest BCUT2D eigenvalue weighted by Gasteiger charge is 2.29. The van der Waals surface area contributed by atoms with E-state index in [4.69, 9.17) is 21.1 Å². The highest BCUT2D eigenvalue weighted by Crippen LogP contribution is 2.36. The summed E-state index contributed by atoms with van der Waals surface area (Å²) < 4.78 is 68.8. The van der Waals surface area contributed by atoms with Gasteiger partial charge >= 0.3 is 12.1 Å². The SMILES string of the molecule is Cc1ccc(S(=O)(=O)n2cc(-c3nc(C)c(F)c(C[C@@H]4CCC[C@H](CC(=O)OCc5ccccc5)C4)n3)c3cncnc32)cc1.Cc1nc(Cl)nc(N[C@@H]2CCC[C@H](NC(=O)OCc3ccccc3)C2)c1F. The third-order valence-corrected chi connectivity index (χ3v) is 14.8. The first-order valence-corrected chi connectivity index (χ1v) is 25.8. The number of carbonyl (C=O) groups is 2. The van der Waals surface area contributed by atoms with Crippen molar-refractivity contribution < 1.29 is 36.3 Å². The van der Waals surface area contributed by atoms with Crippen LogP contribution in [0.25, 0.3) is 22.4 Å². The molecule has 0 radical (unpaired) electrons. The molecule has 0 spiro atoms. The fourth-order valence-corrected chi connectivity index (χ4v) is 10.8. The molecule has 1 amide bonds. The molecule has 0 bridgehead atoms. The Bertz CT molecular complexity index is 3120. The maximum atomic E-state index is 15.5. The number of benzene rings is 3. The minimum atomic E-state index is -4.00. The van der Waals surface area contributed by atoms with Gasteiger partial charge in [0.1, 0.15) is 19.5 Å². The fourth-order valence-electron chi connectivity index (χ4n) is 9.27. The van der Waals surface area contributed by atoms with Crippen molar-refractivity contribution >= 4 is 50.5 Å². The van der Waals surface area contributed by atoms with E-state index < -0.39 is 27.8 Å². The van der Waals surface area contributed by atoms with E-state index in [1.165, 1.54) is 18.7 Å². The van der Waals surface area contributed by atoms with Crippen molar-refractivity contribution in [3.8, 4) is 11.4 Å². The highest BCUT2D eigenvalue weighted by atomic mass is 35.5. The molecule has 19 heteroatoms. The number of hydrogen-bond acceptors (Lipinski definition) is 13. The molecular weight excluding hydrogens is 964 g/mol. The van der Waals surface area contributed by atoms with E-state index in [0.29, 0.717) is 30.2 Å². The zero-order valence-corrected chi connectivity index (χ0v) is 41.8. The molecule has 2 N–H and O–H groups in total. The molecular formula is C53H56ClF2N9O6S. The van der Waals surface area contributed by atoms with Gasteiger partial charge in [-0.15, -0.1) is 0 Å². The molecule has 2 aliphatic rings. The molecule has 0 unspecified atom stereocenters. The number of halogens is 3. The van der Waals surface area contributed by atoms with E-state index in [1.54, 1.807) is 38.1 Å². The Kier molecular flexibility index (Phi) is 16.8. The number of rotatable bonds is 14. The molecule has 2 saturated carbocycles. The van der Waals surface area contributed by atoms with Crippen LogP contribution in [0.2, 0.25) is 5.28 Å². The third-order valence-electron chi connectivity index (χ3n) is 13.0. The summed E-state index contributed by atoms with van der Waals surface area (Å²) in [6.07, 6.45) is 11.3. The number of nitrogens with zero attached hydrogens (tertiary/aromatic N) is 7. The van der Waals surface area contributed by atoms with Gasteiger partial charge in [0.2, 0.25) is 5.28 Å². The molecule has 0 aliphatic heterocycles. The number of alkyl carbamates (subject to hydrolysis) is 1. The van der Waals surface area contributed by atoms with Gasteiger partial charge in [0.25, 0.3) is 10.0 Å². The summed E-state index contributed by atoms with van der Waals surface area (Å²) in [6, 6.07) is 25.6. The lowest BCUT2D eigenvalue weighted by atomic mass is 9.78. The number of aromatic nitrogens is 7. The van der Waals surface area contributed by atoms with E-state index in [9.17, 15) is 22.4 Å². The fraction of sp³-hybridized carbons (Fsp3) is 0.358. The number of amides is 1. The molecule has 0 saturated heterocycles. The molecule has 2 fully saturated rings. The van der Waals surface area contributed by atoms with Gasteiger partial charge < -0.3 is 20.1 Å². The standard InChI is InChI=1S/C34H34FN5O4S.C19H22ClFN4O2/c1-22-11-13-27(14-12-22)45(42,43)40-19-29(28-18-36-21-37-34(28)40)33-38-23(2)32(35)30(39-33)16-25-9-6-10-26(15-25)17-31(41)44-20-24-7-4-3-5-8-24;1-12-16(21)17(25-18(20)22-12)23-14-8-5-9-15(10-14)24-19(26)27-11-13-6-3-2-4-7-13/h3-5,7-8,11-14,18-19,21,25-26H,6,9-10,15-17,20H2,1-2H3;2-4,6-7,14-15H,5,8-11H2,1H3,(H,24,26)(H,22,23,25)/t25-,26+;14-,15+/m11/s1. The zero-order valence-electron chi connectivity index (χ0n) is 40.2. The molecule has 7 aromatic rings. The molecule has 15 nitrogen and oxygen atoms in total. The predicted octanol–water partition coefficient (Wildman–Crippen LogP) is 10.6. The molecule has 72 heavy (non-hydrogen) atoms. The first-order valence-electron chi connectivity index (χ1n) is 24.0. The monoisotopic (exact) mass is 1020 g/mol. The lowest BCUT2D eigenvalue weighted by molar-refractivity contribution is -0.146. The average Bonchev–Trinajstić information content (AvgIpc) is 3.78. The summed E-state index contributed by atoms with van der Waals surface area (Å²) in [5.74, 6) is -0.612. The molecule has 3 aromatic carbocycles. The minimum Gasteiger partial charge on any atom is -0.461 e. The maximum Gasteiger partial charge on any atom is 0.407 e. The van der Waals surface area contributed by atoms with Crippen LogP contribution < -0.4 is 10.6 Å². The predicted molar refractivity (Wildman–Crippen MR) is 268 cm³/mol. The van der Waals surface area contributed by atoms with E-state index in [-0.39, 0.29) is 87.7 Å². The Morgan fingerprint density at radius 3 is 2.14 bits per heavy atom. The molecule has 2 aliphatic carbocycles. The van der Waals surface area contributed by atoms with E-state index in [0.717, 1.165) is 65.6 Å². The van der Waals surface area contributed by atoms with Gasteiger partial charge in [-0.1, -0.05) is 91.2 Å². The molecule has 376 valence electrons. The molecule has 4 atom stereocenters. The molecule has 4 heterocycles. The smallest absolute Gasteiger partial charge is 0.407 e. The zero-order chi connectivity index (χ0) is 50.8. The third kappa shape index (κ3) is 13.1. The van der Waals surface area contributed by atoms with Crippen molar-refractivity contribution in [2.24, 2.45) is 11.8 Å². The van der Waals surface area contributed by atoms with Crippen LogP contribution in [-0.2, 0) is 43.9 Å². The number of carbonyl (C=O) groups excluding carboxylic acids is 2. The van der Waals surface area contributed by atoms with Crippen LogP contribution in [0.4, 0.5) is 19.4 Å². The largest absolute Gasteiger partial charge is 0.461 e. The number of hydrogen-bond donors (Lipinski definition) is 2. The van der Waals surface area contributed by atoms with Gasteiger partial charge in [0.15, 0.2) is 28.9 Å². The van der Waals surface area contributed by atoms with E-state index >= 15 is 4.39 Å². The van der Waals surface area contributed by atoms with Gasteiger partial charge in [0.05, 0.1) is 22.0 Å². The number of fused-ring (bicyclic) bond motifs is 1. The second-order valence-electron chi connectivity index (χ2n) is 18.4. The van der Waals surface area contributed by atoms with Crippen LogP contribution in [0.1, 0.15) is 91.6 Å². The van der Waals surface area contributed by atoms with E-state index in [2.05, 4.69) is 40.5 Å². The lowest BCUT2D eigenvalue weighted by Gasteiger charge is -2.30. The summed E-state index contributed by atoms with van der Waals surface area (Å²) in [7, 11) is -4.00. The van der Waals surface area contributed by atoms with Crippen LogP contribution >= 0.6 is 11.6 Å². The van der Waals surface area contributed by atoms with Crippen LogP contribution in [0.5, 0.6) is 0 Å². The van der Waals surface area contributed by atoms with Crippen molar-refractivity contribution in [3.63, 3.8) is 0 Å². The van der Waals surface area contributed by atoms with Crippen molar-refractivity contribution in [2.75, 3.05) is 5.32 Å². The van der Waals surface area contributed by atoms with Crippen molar-refractivity contribution in [3.05, 3.63) is 154 Å². The Balaban J connectivity index is 0.000000219. The summed E-state index contributed by atoms with van der Waals surface area (Å²) in [6.45, 7) is 5.48. The first-order chi connectivity index (χ1) is 34.7. The number of nitrogens with one attached hydrogen (secondary N) is 2. The number of aryl methyl sites for hydroxylation is 3. The quantitative estimate of drug-likeness (QED) is 0.0773. The highest BCUT2D eigenvalue weighted by molar-refractivity contribution is 7.90. The Morgan fingerprint density at radius 1 is 0.764 bits per heavy atom. The number of esters is 1. The molecule has 4 aromatic heterocycles. The Hall–Kier alpha value is -6.92. The first kappa shape index (κ1) is 51.4. The van der Waals surface area contributed by atoms with Gasteiger partial charge in [-0.25, -0.2) is 50.9 Å². The maximum absolute atomic E-state index is 15.5. The van der Waals surface area contributed by atoms with Crippen molar-refractivity contribution in [2.45, 2.75) is 115 Å². The van der Waals surface area contributed by atoms with E-state index in [1.807, 2.05) is 67.6 Å². The van der Waals surface area contributed by atoms with Gasteiger partial charge in [-0.3, -0.25) is 4.79 Å². The van der Waals surface area contributed by atoms with Gasteiger partial charge in [-0.05, 0) is 112 Å². The Morgan fingerprint density at radius 2 is 1.42 bits per heavy atom. The topological polar surface area (TPSA) is 193 Å². The van der Waals surface area contributed by atoms with Crippen LogP contribution in [0.15, 0.2) is 109 Å². The number of anilines is 1. The summed E-state index contributed by atoms with van der Waals surface area (Å²) in [5.41, 5.74) is 4.04. The summed E-state index contributed by atoms with van der Waals surface area (Å²) >= 11 is 5.82. The molecule has 9 rings (SSSR count). The van der Waals surface area contributed by atoms with Gasteiger partial charge in [-0.2, -0.15) is 4.98 Å². The van der Waals surface area contributed by atoms with Gasteiger partial charge in [0, 0.05) is 41.8 Å². The summed E-state index contributed by atoms with van der Waals surface area (Å²) in [4.78, 5) is 49.9. The van der Waals surface area contributed by atoms with Crippen LogP contribution in [0.3, 0.4) is 0 Å².